The van der Waals surface area contributed by atoms with E-state index in [0.717, 1.165) is 37.8 Å². The highest BCUT2D eigenvalue weighted by atomic mass is 31.2. The van der Waals surface area contributed by atoms with E-state index in [9.17, 15) is 18.9 Å². The second-order valence-electron chi connectivity index (χ2n) is 12.9. The van der Waals surface area contributed by atoms with Gasteiger partial charge in [0.1, 0.15) is 23.0 Å². The Hall–Kier alpha value is -6.00. The molecule has 2 heterocycles. The van der Waals surface area contributed by atoms with Gasteiger partial charge in [-0.1, -0.05) is 103 Å². The van der Waals surface area contributed by atoms with Gasteiger partial charge in [-0.2, -0.15) is 0 Å². The topological polar surface area (TPSA) is 162 Å². The first-order valence-corrected chi connectivity index (χ1v) is 21.9. The largest absolute Gasteiger partial charge is 0.497 e. The molecule has 2 fully saturated rings. The zero-order valence-electron chi connectivity index (χ0n) is 113. The van der Waals surface area contributed by atoms with E-state index in [4.69, 9.17) is 114 Å². The van der Waals surface area contributed by atoms with Crippen molar-refractivity contribution in [3.63, 3.8) is 0 Å². The van der Waals surface area contributed by atoms with Gasteiger partial charge in [-0.25, -0.2) is 14.0 Å². The number of methoxy groups -OCH3 is 3. The Balaban J connectivity index is 0.000000863. The Morgan fingerprint density at radius 3 is 1.82 bits per heavy atom. The summed E-state index contributed by atoms with van der Waals surface area (Å²) in [5.74, 6) is -5.56. The molecule has 9 rings (SSSR count). The molecule has 0 spiro atoms. The number of nitrogens with zero attached hydrogens (tertiary/aromatic N) is 5. The average Bonchev–Trinajstić information content (AvgIpc) is 1.67. The molecular formula is C63H94N5O10P. The molecule has 4 aliphatic rings. The SMILES string of the molecule is [2H]C([2H])(O)C([2H])([2H])O.[2H]C([2H])([2H])N(C)P(=O)(N(C)C)N(C([2H])([2H])[2H])C([2H])([2H])[2H].[2H]C([2H])([2H])N1C(=C)C([2H])([2H])C([2H])([2H])C1([2H])[2H].[2H]C([2H])([2H])N1CCCC1=O.[2H]C([2H])([2H])OC([2H])([2H])C([2H])([2H])OC.[2H]c1c([2H])c([2H])c(OC([2H])([2H])[2H])c([2H])c1[2H].[2H]c1c([2H])c([2H])c(Oc2c([2H])c([2H])c([2H])c(C([2H])([2H])[2H])c2[2H])c([2H])c1[2H].[2H]c1c([2H])c([2H])c2c(c1[2H])C(=O)C([2H])([2H])C([2H])([2H])C2([2H])[2H].[2H]c1c([2H])c([2H])c2c(c1[2H])C([2H])([2H])C(=O)C([2H])([2H])C2([2H])[2H]. The van der Waals surface area contributed by atoms with Crippen molar-refractivity contribution in [3.8, 4) is 17.2 Å². The van der Waals surface area contributed by atoms with E-state index in [-0.39, 0.29) is 15.5 Å². The number of rotatable bonds is 10. The zero-order valence-corrected chi connectivity index (χ0v) is 42.1. The van der Waals surface area contributed by atoms with E-state index in [1.165, 1.54) is 0 Å². The van der Waals surface area contributed by atoms with Crippen molar-refractivity contribution in [3.05, 3.63) is 173 Å². The van der Waals surface area contributed by atoms with Crippen molar-refractivity contribution in [1.29, 1.82) is 0 Å². The Bertz CT molecular complexity index is 5790. The highest BCUT2D eigenvalue weighted by Gasteiger charge is 2.30. The smallest absolute Gasteiger partial charge is 0.285 e. The van der Waals surface area contributed by atoms with E-state index in [1.54, 1.807) is 0 Å². The number of ether oxygens (including phenoxy) is 4. The van der Waals surface area contributed by atoms with Gasteiger partial charge in [-0.15, -0.1) is 0 Å². The molecule has 1 unspecified atom stereocenters. The summed E-state index contributed by atoms with van der Waals surface area (Å²) < 4.78 is 557. The molecule has 79 heavy (non-hydrogen) atoms. The van der Waals surface area contributed by atoms with Crippen LogP contribution in [-0.2, 0) is 42.7 Å². The van der Waals surface area contributed by atoms with Crippen molar-refractivity contribution in [1.82, 2.24) is 23.8 Å². The summed E-state index contributed by atoms with van der Waals surface area (Å²) in [5.41, 5.74) is -4.87. The lowest BCUT2D eigenvalue weighted by Crippen LogP contribution is -2.30. The lowest BCUT2D eigenvalue weighted by molar-refractivity contribution is -0.126. The predicted molar refractivity (Wildman–Crippen MR) is 322 cm³/mol. The zero-order chi connectivity index (χ0) is 121. The van der Waals surface area contributed by atoms with Crippen LogP contribution in [0.2, 0.25) is 0 Å². The second-order valence-corrected chi connectivity index (χ2v) is 15.8. The second kappa shape index (κ2) is 42.0. The molecular weight excluding hydrogens is 1020 g/mol. The van der Waals surface area contributed by atoms with Gasteiger partial charge < -0.3 is 39.0 Å². The number of aliphatic hydroxyl groups is 2. The maximum absolute atomic E-state index is 13.0. The van der Waals surface area contributed by atoms with Crippen LogP contribution in [0.3, 0.4) is 0 Å². The highest BCUT2D eigenvalue weighted by Crippen LogP contribution is 2.50. The quantitative estimate of drug-likeness (QED) is 0.127. The summed E-state index contributed by atoms with van der Waals surface area (Å²) in [6, 6.07) is -16.7. The summed E-state index contributed by atoms with van der Waals surface area (Å²) in [6.45, 7) is -29.2. The maximum atomic E-state index is 13.0. The third kappa shape index (κ3) is 29.7. The number of carbonyl (C=O) groups excluding carboxylic acids is 3. The number of benzene rings is 5. The maximum Gasteiger partial charge on any atom is 0.285 e. The van der Waals surface area contributed by atoms with Gasteiger partial charge in [0.25, 0.3) is 7.59 Å². The monoisotopic (exact) mass is 1180 g/mol. The van der Waals surface area contributed by atoms with Crippen molar-refractivity contribution < 1.29 is 147 Å². The van der Waals surface area contributed by atoms with Crippen LogP contribution < -0.4 is 9.47 Å². The van der Waals surface area contributed by atoms with Crippen LogP contribution in [0, 0.1) is 6.85 Å². The molecule has 0 bridgehead atoms. The number of amides is 1. The van der Waals surface area contributed by atoms with Gasteiger partial charge in [0.15, 0.2) is 5.78 Å². The van der Waals surface area contributed by atoms with Gasteiger partial charge in [0.2, 0.25) is 5.91 Å². The van der Waals surface area contributed by atoms with Crippen LogP contribution in [0.25, 0.3) is 0 Å². The van der Waals surface area contributed by atoms with Crippen LogP contribution in [-0.4, -0.2) is 168 Å². The van der Waals surface area contributed by atoms with E-state index < -0.39 is 342 Å². The summed E-state index contributed by atoms with van der Waals surface area (Å²) in [7, 11) is -6.26. The number of carbonyl (C=O) groups is 3. The van der Waals surface area contributed by atoms with Crippen LogP contribution in [0.5, 0.6) is 17.2 Å². The van der Waals surface area contributed by atoms with Crippen LogP contribution in [0.15, 0.2) is 145 Å². The Kier molecular flexibility index (Phi) is 9.56. The van der Waals surface area contributed by atoms with E-state index in [1.807, 2.05) is 0 Å². The molecule has 5 aromatic rings. The minimum Gasteiger partial charge on any atom is -0.497 e. The van der Waals surface area contributed by atoms with E-state index in [2.05, 4.69) is 20.8 Å². The molecule has 0 saturated carbocycles. The van der Waals surface area contributed by atoms with Gasteiger partial charge in [-0.05, 0) is 146 Å². The molecule has 0 aromatic heterocycles. The Morgan fingerprint density at radius 2 is 1.29 bits per heavy atom. The van der Waals surface area contributed by atoms with Crippen molar-refractivity contribution >= 4 is 25.1 Å². The minimum absolute atomic E-state index is 0.0972. The van der Waals surface area contributed by atoms with Crippen molar-refractivity contribution in [2.75, 3.05) is 116 Å². The molecule has 15 nitrogen and oxygen atoms in total. The fourth-order valence-corrected chi connectivity index (χ4v) is 5.35. The van der Waals surface area contributed by atoms with Crippen LogP contribution in [0.1, 0.15) is 176 Å². The normalized spacial score (nSPS) is 35.5. The number of hydrogen-bond donors (Lipinski definition) is 2. The lowest BCUT2D eigenvalue weighted by Gasteiger charge is -2.34. The summed E-state index contributed by atoms with van der Waals surface area (Å²) in [6.07, 6.45) is -23.6. The molecule has 0 radical (unpaired) electrons. The number of fused-ring (bicyclic) bond motifs is 2. The third-order valence-electron chi connectivity index (χ3n) is 7.50. The van der Waals surface area contributed by atoms with Crippen LogP contribution in [0.4, 0.5) is 0 Å². The Labute approximate surface area is 575 Å². The summed E-state index contributed by atoms with van der Waals surface area (Å²) >= 11 is 0. The van der Waals surface area contributed by atoms with Crippen molar-refractivity contribution in [2.45, 2.75) is 70.7 Å². The fourth-order valence-electron chi connectivity index (χ4n) is 4.18. The number of allylic oxidation sites excluding steroid dienone is 1. The van der Waals surface area contributed by atoms with E-state index in [0.29, 0.717) is 24.1 Å². The number of ketones is 2. The van der Waals surface area contributed by atoms with Gasteiger partial charge in [-0.3, -0.25) is 18.9 Å². The van der Waals surface area contributed by atoms with E-state index >= 15 is 0 Å². The number of hydrogen-bond acceptors (Lipinski definition) is 11. The number of para-hydroxylation sites is 2. The van der Waals surface area contributed by atoms with Gasteiger partial charge >= 0.3 is 0 Å². The molecule has 1 atom stereocenters. The lowest BCUT2D eigenvalue weighted by atomic mass is 9.91. The third-order valence-corrected chi connectivity index (χ3v) is 9.85. The molecule has 2 aliphatic heterocycles. The van der Waals surface area contributed by atoms with Crippen molar-refractivity contribution in [2.24, 2.45) is 0 Å². The molecule has 2 aliphatic carbocycles. The first-order valence-electron chi connectivity index (χ1n) is 56.3. The van der Waals surface area contributed by atoms with Gasteiger partial charge in [0, 0.05) is 127 Å². The van der Waals surface area contributed by atoms with Gasteiger partial charge in [0.05, 0.1) is 82.6 Å². The highest BCUT2D eigenvalue weighted by molar-refractivity contribution is 7.56. The van der Waals surface area contributed by atoms with Crippen LogP contribution >= 0.6 is 7.59 Å². The standard InChI is InChI=1S/C13H12O.2C10H10O.C7H8O.C6H18N3OP.C6H11N.C5H9NO.C4H10O2.C2H6O2/c1-11-6-5-9-13(10-11)14-12-7-3-2-4-8-12;11-10-7-3-5-8-4-1-2-6-9(8)10;11-10-6-5-8-3-1-2-4-9(8)7-10;1-8-7-5-3-2-4-6-7;1-7(2)11(10,8(3)4)9(5)6;1-6-4-3-5-7(6)2;1-6-4-2-3-5(6)7;1-5-3-4-6-2;3-1-2-4/h2-10H,1H3;1-2,4,6H,3,5,7H2;1-4H,5-7H2;2-6H,1H3;1-6H3;1,3-5H2,2H3;2-4H2,1H3;3-4H2,1-2H3;3-4H,1-2H2/i1D3,2D,3D,4D,5D,6D,7D,8D,9D,10D;1D,2D,3D2,4D,5D2,6D,7D2;1D,2D,3D,4D,5D2,6D2,7D2;1D3,2D,3D,4D,5D,6D;1D3,2D3,3D3;2D3,3D2,4D2,5D2;1D3;1D3,3D2,4D2;1D2,2D2. The fraction of sp³-hybridized carbons (Fsp3) is 0.444. The average molecular weight is 1180 g/mol. The Morgan fingerprint density at radius 1 is 0.671 bits per heavy atom. The number of likely N-dealkylation sites (tertiary alicyclic amines) is 2. The summed E-state index contributed by atoms with van der Waals surface area (Å²) in [4.78, 5) is 35.9. The minimum atomic E-state index is -4.54. The molecule has 16 heteroatoms. The molecule has 2 N–H and O–H groups in total. The summed E-state index contributed by atoms with van der Waals surface area (Å²) in [5, 5.41) is 16.1. The molecule has 1 amide bonds. The molecule has 2 saturated heterocycles. The number of Topliss-reactive ketones (excluding diaryl/α,β-unsaturated/α-hetero) is 2. The molecule has 436 valence electrons. The molecule has 5 aromatic carbocycles. The first kappa shape index (κ1) is 18.0. The predicted octanol–water partition coefficient (Wildman–Crippen LogP) is 10.9. The first-order chi connectivity index (χ1) is 66.1.